The van der Waals surface area contributed by atoms with Crippen molar-refractivity contribution in [2.24, 2.45) is 0 Å². The highest BCUT2D eigenvalue weighted by Crippen LogP contribution is 2.28. The third-order valence-electron chi connectivity index (χ3n) is 4.42. The number of anilines is 1. The number of thioether (sulfide) groups is 1. The minimum Gasteiger partial charge on any atom is -0.298 e. The molecular formula is C24H20N2OS2. The van der Waals surface area contributed by atoms with Crippen LogP contribution in [-0.2, 0) is 0 Å². The van der Waals surface area contributed by atoms with Crippen LogP contribution in [0, 0.1) is 0 Å². The van der Waals surface area contributed by atoms with Crippen LogP contribution in [0.4, 0.5) is 5.13 Å². The Hall–Kier alpha value is -2.89. The zero-order chi connectivity index (χ0) is 20.1. The molecule has 0 atom stereocenters. The first-order valence-electron chi connectivity index (χ1n) is 9.38. The van der Waals surface area contributed by atoms with Crippen LogP contribution in [0.3, 0.4) is 0 Å². The molecule has 3 nitrogen and oxygen atoms in total. The highest BCUT2D eigenvalue weighted by molar-refractivity contribution is 7.99. The average molecular weight is 417 g/mol. The van der Waals surface area contributed by atoms with Gasteiger partial charge in [-0.25, -0.2) is 4.98 Å². The van der Waals surface area contributed by atoms with Crippen molar-refractivity contribution < 1.29 is 4.79 Å². The van der Waals surface area contributed by atoms with Gasteiger partial charge >= 0.3 is 0 Å². The molecule has 0 bridgehead atoms. The lowest BCUT2D eigenvalue weighted by Crippen LogP contribution is -2.11. The van der Waals surface area contributed by atoms with Gasteiger partial charge in [0.1, 0.15) is 0 Å². The van der Waals surface area contributed by atoms with Gasteiger partial charge in [-0.3, -0.25) is 10.1 Å². The summed E-state index contributed by atoms with van der Waals surface area (Å²) in [6, 6.07) is 26.3. The SMILES string of the molecule is CCSc1cccc(C(=O)Nc2nc(-c3ccc(-c4ccccc4)cc3)cs2)c1. The molecule has 29 heavy (non-hydrogen) atoms. The van der Waals surface area contributed by atoms with Crippen LogP contribution in [0.5, 0.6) is 0 Å². The first-order valence-corrected chi connectivity index (χ1v) is 11.2. The fourth-order valence-corrected chi connectivity index (χ4v) is 4.42. The van der Waals surface area contributed by atoms with Crippen molar-refractivity contribution in [3.63, 3.8) is 0 Å². The standard InChI is InChI=1S/C24H20N2OS2/c1-2-28-21-10-6-9-20(15-21)23(27)26-24-25-22(16-29-24)19-13-11-18(12-14-19)17-7-4-3-5-8-17/h3-16H,2H2,1H3,(H,25,26,27). The number of rotatable bonds is 6. The molecule has 0 fully saturated rings. The Morgan fingerprint density at radius 3 is 2.41 bits per heavy atom. The van der Waals surface area contributed by atoms with Crippen LogP contribution in [-0.4, -0.2) is 16.6 Å². The number of hydrogen-bond donors (Lipinski definition) is 1. The molecule has 1 aromatic heterocycles. The Labute approximate surface area is 178 Å². The molecule has 4 rings (SSSR count). The minimum absolute atomic E-state index is 0.135. The summed E-state index contributed by atoms with van der Waals surface area (Å²) < 4.78 is 0. The van der Waals surface area contributed by atoms with Gasteiger partial charge in [0.15, 0.2) is 5.13 Å². The van der Waals surface area contributed by atoms with Crippen molar-refractivity contribution >= 4 is 34.1 Å². The molecule has 1 amide bonds. The lowest BCUT2D eigenvalue weighted by molar-refractivity contribution is 0.102. The van der Waals surface area contributed by atoms with Crippen LogP contribution in [0.2, 0.25) is 0 Å². The summed E-state index contributed by atoms with van der Waals surface area (Å²) in [7, 11) is 0. The minimum atomic E-state index is -0.135. The summed E-state index contributed by atoms with van der Waals surface area (Å²) >= 11 is 3.16. The van der Waals surface area contributed by atoms with E-state index in [0.29, 0.717) is 10.7 Å². The van der Waals surface area contributed by atoms with Crippen molar-refractivity contribution in [3.05, 3.63) is 89.8 Å². The number of hydrogen-bond acceptors (Lipinski definition) is 4. The van der Waals surface area contributed by atoms with Gasteiger partial charge in [0.05, 0.1) is 5.69 Å². The van der Waals surface area contributed by atoms with Gasteiger partial charge in [0.25, 0.3) is 5.91 Å². The molecular weight excluding hydrogens is 396 g/mol. The second-order valence-corrected chi connectivity index (χ2v) is 8.59. The molecule has 3 aromatic carbocycles. The summed E-state index contributed by atoms with van der Waals surface area (Å²) in [6.45, 7) is 2.10. The van der Waals surface area contributed by atoms with Crippen LogP contribution >= 0.6 is 23.1 Å². The monoisotopic (exact) mass is 416 g/mol. The van der Waals surface area contributed by atoms with Crippen LogP contribution in [0.15, 0.2) is 89.1 Å². The molecule has 4 aromatic rings. The van der Waals surface area contributed by atoms with Gasteiger partial charge < -0.3 is 0 Å². The molecule has 0 saturated carbocycles. The van der Waals surface area contributed by atoms with Gasteiger partial charge in [-0.05, 0) is 35.1 Å². The van der Waals surface area contributed by atoms with E-state index in [-0.39, 0.29) is 5.91 Å². The van der Waals surface area contributed by atoms with E-state index in [4.69, 9.17) is 0 Å². The predicted molar refractivity (Wildman–Crippen MR) is 124 cm³/mol. The number of amides is 1. The number of nitrogens with one attached hydrogen (secondary N) is 1. The van der Waals surface area contributed by atoms with E-state index in [0.717, 1.165) is 21.9 Å². The van der Waals surface area contributed by atoms with Crippen molar-refractivity contribution in [2.45, 2.75) is 11.8 Å². The fraction of sp³-hybridized carbons (Fsp3) is 0.0833. The zero-order valence-corrected chi connectivity index (χ0v) is 17.6. The maximum atomic E-state index is 12.6. The van der Waals surface area contributed by atoms with E-state index in [1.54, 1.807) is 11.8 Å². The Kier molecular flexibility index (Phi) is 6.08. The van der Waals surface area contributed by atoms with E-state index in [1.165, 1.54) is 22.5 Å². The number of carbonyl (C=O) groups excluding carboxylic acids is 1. The molecule has 0 aliphatic heterocycles. The topological polar surface area (TPSA) is 42.0 Å². The molecule has 0 aliphatic rings. The van der Waals surface area contributed by atoms with Gasteiger partial charge in [0, 0.05) is 21.4 Å². The lowest BCUT2D eigenvalue weighted by atomic mass is 10.0. The van der Waals surface area contributed by atoms with Crippen molar-refractivity contribution in [2.75, 3.05) is 11.1 Å². The average Bonchev–Trinajstić information content (AvgIpc) is 3.23. The molecule has 1 heterocycles. The normalized spacial score (nSPS) is 10.7. The van der Waals surface area contributed by atoms with Crippen molar-refractivity contribution in [1.29, 1.82) is 0 Å². The number of carbonyl (C=O) groups is 1. The molecule has 0 aliphatic carbocycles. The van der Waals surface area contributed by atoms with Gasteiger partial charge in [0.2, 0.25) is 0 Å². The quantitative estimate of drug-likeness (QED) is 0.350. The Morgan fingerprint density at radius 1 is 0.931 bits per heavy atom. The largest absolute Gasteiger partial charge is 0.298 e. The molecule has 0 saturated heterocycles. The van der Waals surface area contributed by atoms with Crippen LogP contribution < -0.4 is 5.32 Å². The molecule has 0 spiro atoms. The van der Waals surface area contributed by atoms with E-state index in [2.05, 4.69) is 53.6 Å². The smallest absolute Gasteiger partial charge is 0.257 e. The summed E-state index contributed by atoms with van der Waals surface area (Å²) in [5.41, 5.74) is 4.90. The van der Waals surface area contributed by atoms with Crippen LogP contribution in [0.25, 0.3) is 22.4 Å². The van der Waals surface area contributed by atoms with E-state index < -0.39 is 0 Å². The molecule has 0 unspecified atom stereocenters. The number of thiazole rings is 1. The zero-order valence-electron chi connectivity index (χ0n) is 16.0. The maximum absolute atomic E-state index is 12.6. The molecule has 5 heteroatoms. The second kappa shape index (κ2) is 9.07. The van der Waals surface area contributed by atoms with Crippen LogP contribution in [0.1, 0.15) is 17.3 Å². The molecule has 144 valence electrons. The van der Waals surface area contributed by atoms with E-state index in [1.807, 2.05) is 47.8 Å². The number of aromatic nitrogens is 1. The Bertz CT molecular complexity index is 1110. The number of benzene rings is 3. The molecule has 0 radical (unpaired) electrons. The third kappa shape index (κ3) is 4.75. The molecule has 1 N–H and O–H groups in total. The Balaban J connectivity index is 1.47. The summed E-state index contributed by atoms with van der Waals surface area (Å²) in [6.07, 6.45) is 0. The Morgan fingerprint density at radius 2 is 1.66 bits per heavy atom. The predicted octanol–water partition coefficient (Wildman–Crippen LogP) is 6.84. The maximum Gasteiger partial charge on any atom is 0.257 e. The summed E-state index contributed by atoms with van der Waals surface area (Å²) in [5, 5.41) is 5.49. The van der Waals surface area contributed by atoms with Crippen molar-refractivity contribution in [1.82, 2.24) is 4.98 Å². The van der Waals surface area contributed by atoms with Gasteiger partial charge in [-0.15, -0.1) is 23.1 Å². The summed E-state index contributed by atoms with van der Waals surface area (Å²) in [5.74, 6) is 0.841. The fourth-order valence-electron chi connectivity index (χ4n) is 2.99. The first-order chi connectivity index (χ1) is 14.2. The van der Waals surface area contributed by atoms with Gasteiger partial charge in [-0.1, -0.05) is 67.6 Å². The highest BCUT2D eigenvalue weighted by atomic mass is 32.2. The highest BCUT2D eigenvalue weighted by Gasteiger charge is 2.11. The van der Waals surface area contributed by atoms with Gasteiger partial charge in [-0.2, -0.15) is 0 Å². The van der Waals surface area contributed by atoms with E-state index in [9.17, 15) is 4.79 Å². The third-order valence-corrected chi connectivity index (χ3v) is 6.05. The van der Waals surface area contributed by atoms with E-state index >= 15 is 0 Å². The summed E-state index contributed by atoms with van der Waals surface area (Å²) in [4.78, 5) is 18.2. The lowest BCUT2D eigenvalue weighted by Gasteiger charge is -2.04. The van der Waals surface area contributed by atoms with Crippen molar-refractivity contribution in [3.8, 4) is 22.4 Å². The number of nitrogens with zero attached hydrogens (tertiary/aromatic N) is 1. The second-order valence-electron chi connectivity index (χ2n) is 6.40. The first kappa shape index (κ1) is 19.4.